The Morgan fingerprint density at radius 2 is 2.00 bits per heavy atom. The molecule has 1 amide bonds. The van der Waals surface area contributed by atoms with Gasteiger partial charge in [0.25, 0.3) is 0 Å². The van der Waals surface area contributed by atoms with Gasteiger partial charge in [-0.05, 0) is 36.8 Å². The summed E-state index contributed by atoms with van der Waals surface area (Å²) in [6.07, 6.45) is 0. The van der Waals surface area contributed by atoms with Gasteiger partial charge < -0.3 is 10.3 Å². The Bertz CT molecular complexity index is 783. The summed E-state index contributed by atoms with van der Waals surface area (Å²) in [6.45, 7) is 1.95. The van der Waals surface area contributed by atoms with E-state index in [2.05, 4.69) is 15.3 Å². The molecule has 118 valence electrons. The van der Waals surface area contributed by atoms with Crippen molar-refractivity contribution in [2.24, 2.45) is 0 Å². The molecule has 1 heterocycles. The zero-order chi connectivity index (χ0) is 16.2. The minimum absolute atomic E-state index is 0.0297. The van der Waals surface area contributed by atoms with Crippen LogP contribution in [-0.4, -0.2) is 21.6 Å². The van der Waals surface area contributed by atoms with Crippen LogP contribution in [0, 0.1) is 0 Å². The predicted molar refractivity (Wildman–Crippen MR) is 94.8 cm³/mol. The van der Waals surface area contributed by atoms with Crippen molar-refractivity contribution in [3.05, 3.63) is 59.1 Å². The number of benzene rings is 2. The van der Waals surface area contributed by atoms with Crippen LogP contribution in [0.25, 0.3) is 11.0 Å². The number of hydrogen-bond donors (Lipinski definition) is 2. The molecule has 4 nitrogen and oxygen atoms in total. The summed E-state index contributed by atoms with van der Waals surface area (Å²) in [5.74, 6) is 0.287. The van der Waals surface area contributed by atoms with Gasteiger partial charge in [-0.25, -0.2) is 4.98 Å². The molecule has 1 unspecified atom stereocenters. The zero-order valence-corrected chi connectivity index (χ0v) is 14.1. The normalized spacial score (nSPS) is 12.3. The molecule has 0 radical (unpaired) electrons. The van der Waals surface area contributed by atoms with Gasteiger partial charge in [0.1, 0.15) is 0 Å². The highest BCUT2D eigenvalue weighted by Crippen LogP contribution is 2.20. The summed E-state index contributed by atoms with van der Waals surface area (Å²) < 4.78 is 0. The van der Waals surface area contributed by atoms with Crippen molar-refractivity contribution in [2.45, 2.75) is 18.1 Å². The number of hydrogen-bond acceptors (Lipinski definition) is 3. The molecule has 23 heavy (non-hydrogen) atoms. The van der Waals surface area contributed by atoms with Crippen LogP contribution in [0.1, 0.15) is 18.5 Å². The van der Waals surface area contributed by atoms with Crippen molar-refractivity contribution < 1.29 is 4.79 Å². The SMILES string of the molecule is CC(NC(=O)CSc1nc2ccccc2[nH]1)c1ccc(Cl)cc1. The average Bonchev–Trinajstić information content (AvgIpc) is 2.96. The van der Waals surface area contributed by atoms with Crippen molar-refractivity contribution in [1.29, 1.82) is 0 Å². The summed E-state index contributed by atoms with van der Waals surface area (Å²) in [5, 5.41) is 4.41. The van der Waals surface area contributed by atoms with E-state index in [0.717, 1.165) is 21.8 Å². The molecule has 2 aromatic carbocycles. The molecule has 0 fully saturated rings. The van der Waals surface area contributed by atoms with Crippen LogP contribution >= 0.6 is 23.4 Å². The highest BCUT2D eigenvalue weighted by molar-refractivity contribution is 7.99. The smallest absolute Gasteiger partial charge is 0.230 e. The summed E-state index contributed by atoms with van der Waals surface area (Å²) >= 11 is 7.27. The van der Waals surface area contributed by atoms with Crippen LogP contribution in [-0.2, 0) is 4.79 Å². The highest BCUT2D eigenvalue weighted by Gasteiger charge is 2.11. The molecule has 0 aliphatic rings. The number of thioether (sulfide) groups is 1. The number of carbonyl (C=O) groups is 1. The number of halogens is 1. The Balaban J connectivity index is 1.55. The molecular formula is C17H16ClN3OS. The van der Waals surface area contributed by atoms with Gasteiger partial charge in [-0.1, -0.05) is 47.6 Å². The maximum absolute atomic E-state index is 12.1. The van der Waals surface area contributed by atoms with E-state index < -0.39 is 0 Å². The number of para-hydroxylation sites is 2. The lowest BCUT2D eigenvalue weighted by atomic mass is 10.1. The molecule has 0 saturated heterocycles. The first-order valence-electron chi connectivity index (χ1n) is 7.24. The third-order valence-corrected chi connectivity index (χ3v) is 4.58. The summed E-state index contributed by atoms with van der Waals surface area (Å²) in [6, 6.07) is 15.2. The predicted octanol–water partition coefficient (Wildman–Crippen LogP) is 4.19. The third kappa shape index (κ3) is 4.06. The molecule has 0 aliphatic carbocycles. The first kappa shape index (κ1) is 15.9. The van der Waals surface area contributed by atoms with Crippen LogP contribution in [0.2, 0.25) is 5.02 Å². The number of aromatic nitrogens is 2. The van der Waals surface area contributed by atoms with Crippen molar-refractivity contribution in [2.75, 3.05) is 5.75 Å². The minimum atomic E-state index is -0.0592. The van der Waals surface area contributed by atoms with Crippen LogP contribution < -0.4 is 5.32 Å². The Kier molecular flexibility index (Phi) is 4.88. The second kappa shape index (κ2) is 7.06. The maximum atomic E-state index is 12.1. The number of H-pyrrole nitrogens is 1. The summed E-state index contributed by atoms with van der Waals surface area (Å²) in [7, 11) is 0. The van der Waals surface area contributed by atoms with E-state index in [1.54, 1.807) is 0 Å². The summed E-state index contributed by atoms with van der Waals surface area (Å²) in [4.78, 5) is 19.7. The van der Waals surface area contributed by atoms with Gasteiger partial charge in [-0.3, -0.25) is 4.79 Å². The Hall–Kier alpha value is -1.98. The topological polar surface area (TPSA) is 57.8 Å². The van der Waals surface area contributed by atoms with Gasteiger partial charge >= 0.3 is 0 Å². The van der Waals surface area contributed by atoms with Gasteiger partial charge in [0, 0.05) is 5.02 Å². The Morgan fingerprint density at radius 3 is 2.74 bits per heavy atom. The lowest BCUT2D eigenvalue weighted by molar-refractivity contribution is -0.119. The number of nitrogens with one attached hydrogen (secondary N) is 2. The van der Waals surface area contributed by atoms with Gasteiger partial charge in [0.15, 0.2) is 5.16 Å². The van der Waals surface area contributed by atoms with Crippen molar-refractivity contribution in [3.8, 4) is 0 Å². The molecule has 0 aliphatic heterocycles. The van der Waals surface area contributed by atoms with E-state index >= 15 is 0 Å². The van der Waals surface area contributed by atoms with Crippen LogP contribution in [0.3, 0.4) is 0 Å². The standard InChI is InChI=1S/C17H16ClN3OS/c1-11(12-6-8-13(18)9-7-12)19-16(22)10-23-17-20-14-4-2-3-5-15(14)21-17/h2-9,11H,10H2,1H3,(H,19,22)(H,20,21). The molecule has 0 bridgehead atoms. The van der Waals surface area contributed by atoms with Gasteiger partial charge in [0.2, 0.25) is 5.91 Å². The molecule has 2 N–H and O–H groups in total. The monoisotopic (exact) mass is 345 g/mol. The number of rotatable bonds is 5. The van der Waals surface area contributed by atoms with E-state index in [1.165, 1.54) is 11.8 Å². The number of imidazole rings is 1. The molecule has 0 spiro atoms. The largest absolute Gasteiger partial charge is 0.349 e. The second-order valence-corrected chi connectivity index (χ2v) is 6.59. The lowest BCUT2D eigenvalue weighted by Crippen LogP contribution is -2.28. The van der Waals surface area contributed by atoms with E-state index in [0.29, 0.717) is 10.8 Å². The number of amides is 1. The fraction of sp³-hybridized carbons (Fsp3) is 0.176. The van der Waals surface area contributed by atoms with E-state index in [1.807, 2.05) is 55.5 Å². The second-order valence-electron chi connectivity index (χ2n) is 5.19. The first-order valence-corrected chi connectivity index (χ1v) is 8.60. The summed E-state index contributed by atoms with van der Waals surface area (Å²) in [5.41, 5.74) is 2.91. The quantitative estimate of drug-likeness (QED) is 0.682. The minimum Gasteiger partial charge on any atom is -0.349 e. The van der Waals surface area contributed by atoms with E-state index in [4.69, 9.17) is 11.6 Å². The zero-order valence-electron chi connectivity index (χ0n) is 12.5. The fourth-order valence-electron chi connectivity index (χ4n) is 2.25. The number of fused-ring (bicyclic) bond motifs is 1. The molecule has 6 heteroatoms. The number of nitrogens with zero attached hydrogens (tertiary/aromatic N) is 1. The molecular weight excluding hydrogens is 330 g/mol. The van der Waals surface area contributed by atoms with Crippen LogP contribution in [0.5, 0.6) is 0 Å². The average molecular weight is 346 g/mol. The molecule has 3 aromatic rings. The van der Waals surface area contributed by atoms with Crippen LogP contribution in [0.15, 0.2) is 53.7 Å². The molecule has 3 rings (SSSR count). The molecule has 1 aromatic heterocycles. The van der Waals surface area contributed by atoms with Gasteiger partial charge in [-0.15, -0.1) is 0 Å². The highest BCUT2D eigenvalue weighted by atomic mass is 35.5. The number of carbonyl (C=O) groups excluding carboxylic acids is 1. The Labute approximate surface area is 143 Å². The van der Waals surface area contributed by atoms with Gasteiger partial charge in [0.05, 0.1) is 22.8 Å². The third-order valence-electron chi connectivity index (χ3n) is 3.46. The van der Waals surface area contributed by atoms with E-state index in [-0.39, 0.29) is 11.9 Å². The van der Waals surface area contributed by atoms with Crippen molar-refractivity contribution in [3.63, 3.8) is 0 Å². The van der Waals surface area contributed by atoms with Crippen molar-refractivity contribution in [1.82, 2.24) is 15.3 Å². The fourth-order valence-corrected chi connectivity index (χ4v) is 3.07. The molecule has 0 saturated carbocycles. The first-order chi connectivity index (χ1) is 11.1. The number of aromatic amines is 1. The van der Waals surface area contributed by atoms with Gasteiger partial charge in [-0.2, -0.15) is 0 Å². The van der Waals surface area contributed by atoms with Crippen LogP contribution in [0.4, 0.5) is 0 Å². The lowest BCUT2D eigenvalue weighted by Gasteiger charge is -2.14. The van der Waals surface area contributed by atoms with Crippen molar-refractivity contribution >= 4 is 40.3 Å². The molecule has 1 atom stereocenters. The Morgan fingerprint density at radius 1 is 1.26 bits per heavy atom. The van der Waals surface area contributed by atoms with E-state index in [9.17, 15) is 4.79 Å². The maximum Gasteiger partial charge on any atom is 0.230 e.